The van der Waals surface area contributed by atoms with Gasteiger partial charge in [-0.3, -0.25) is 14.6 Å². The Hall–Kier alpha value is -2.70. The number of rotatable bonds is 4. The molecule has 7 nitrogen and oxygen atoms in total. The standard InChI is InChI=1S/C19H25N5O2/c1-19(2,3)23-17(25)15-14-9-5-7-11-24(14)16(22-15)18(26)21-12-13-8-4-6-10-20-13/h4,6,8,10H,5,7,9,11-12H2,1-3H3,(H,21,26)(H,23,25). The van der Waals surface area contributed by atoms with Crippen LogP contribution in [0.2, 0.25) is 0 Å². The molecule has 0 bridgehead atoms. The number of hydrogen-bond donors (Lipinski definition) is 2. The molecule has 2 N–H and O–H groups in total. The van der Waals surface area contributed by atoms with Gasteiger partial charge in [-0.1, -0.05) is 6.07 Å². The lowest BCUT2D eigenvalue weighted by Crippen LogP contribution is -2.41. The fourth-order valence-corrected chi connectivity index (χ4v) is 3.05. The van der Waals surface area contributed by atoms with Crippen molar-refractivity contribution in [1.82, 2.24) is 25.2 Å². The molecule has 2 aromatic heterocycles. The molecule has 0 fully saturated rings. The van der Waals surface area contributed by atoms with Crippen LogP contribution in [0, 0.1) is 0 Å². The number of amides is 2. The van der Waals surface area contributed by atoms with Crippen LogP contribution in [0.1, 0.15) is 66.1 Å². The number of fused-ring (bicyclic) bond motifs is 1. The molecule has 0 saturated heterocycles. The Morgan fingerprint density at radius 1 is 1.19 bits per heavy atom. The first-order valence-corrected chi connectivity index (χ1v) is 8.95. The van der Waals surface area contributed by atoms with Gasteiger partial charge in [0, 0.05) is 18.3 Å². The summed E-state index contributed by atoms with van der Waals surface area (Å²) in [7, 11) is 0. The molecule has 0 aliphatic carbocycles. The number of carbonyl (C=O) groups excluding carboxylic acids is 2. The summed E-state index contributed by atoms with van der Waals surface area (Å²) in [4.78, 5) is 33.9. The van der Waals surface area contributed by atoms with Gasteiger partial charge in [-0.2, -0.15) is 0 Å². The second kappa shape index (κ2) is 7.27. The van der Waals surface area contributed by atoms with E-state index in [-0.39, 0.29) is 17.4 Å². The van der Waals surface area contributed by atoms with Crippen LogP contribution in [-0.2, 0) is 19.5 Å². The second-order valence-corrected chi connectivity index (χ2v) is 7.55. The molecule has 0 unspecified atom stereocenters. The minimum Gasteiger partial charge on any atom is -0.346 e. The van der Waals surface area contributed by atoms with E-state index < -0.39 is 0 Å². The van der Waals surface area contributed by atoms with E-state index in [1.807, 2.05) is 43.5 Å². The van der Waals surface area contributed by atoms with Crippen LogP contribution < -0.4 is 10.6 Å². The largest absolute Gasteiger partial charge is 0.346 e. The fraction of sp³-hybridized carbons (Fsp3) is 0.474. The Kier molecular flexibility index (Phi) is 5.06. The van der Waals surface area contributed by atoms with Gasteiger partial charge >= 0.3 is 0 Å². The molecule has 0 atom stereocenters. The van der Waals surface area contributed by atoms with E-state index in [9.17, 15) is 9.59 Å². The van der Waals surface area contributed by atoms with Gasteiger partial charge in [0.25, 0.3) is 11.8 Å². The molecule has 138 valence electrons. The van der Waals surface area contributed by atoms with Crippen molar-refractivity contribution in [2.45, 2.75) is 58.7 Å². The van der Waals surface area contributed by atoms with Gasteiger partial charge in [0.2, 0.25) is 0 Å². The number of nitrogens with zero attached hydrogens (tertiary/aromatic N) is 3. The van der Waals surface area contributed by atoms with Gasteiger partial charge in [-0.15, -0.1) is 0 Å². The van der Waals surface area contributed by atoms with Gasteiger partial charge in [0.1, 0.15) is 5.69 Å². The first-order valence-electron chi connectivity index (χ1n) is 8.95. The topological polar surface area (TPSA) is 88.9 Å². The average Bonchev–Trinajstić information content (AvgIpc) is 2.99. The van der Waals surface area contributed by atoms with Crippen molar-refractivity contribution < 1.29 is 9.59 Å². The number of imidazole rings is 1. The van der Waals surface area contributed by atoms with Crippen LogP contribution in [0.5, 0.6) is 0 Å². The van der Waals surface area contributed by atoms with Crippen LogP contribution in [0.25, 0.3) is 0 Å². The zero-order chi connectivity index (χ0) is 18.7. The quantitative estimate of drug-likeness (QED) is 0.879. The minimum absolute atomic E-state index is 0.230. The van der Waals surface area contributed by atoms with Crippen molar-refractivity contribution >= 4 is 11.8 Å². The van der Waals surface area contributed by atoms with Crippen LogP contribution in [0.4, 0.5) is 0 Å². The third kappa shape index (κ3) is 4.09. The number of carbonyl (C=O) groups is 2. The monoisotopic (exact) mass is 355 g/mol. The molecule has 3 heterocycles. The van der Waals surface area contributed by atoms with E-state index >= 15 is 0 Å². The molecule has 1 aliphatic rings. The lowest BCUT2D eigenvalue weighted by Gasteiger charge is -2.21. The number of pyridine rings is 1. The Morgan fingerprint density at radius 2 is 2.00 bits per heavy atom. The van der Waals surface area contributed by atoms with E-state index in [1.54, 1.807) is 6.20 Å². The predicted octanol–water partition coefficient (Wildman–Crippen LogP) is 2.07. The van der Waals surface area contributed by atoms with Crippen molar-refractivity contribution in [3.05, 3.63) is 47.3 Å². The maximum absolute atomic E-state index is 12.7. The first-order chi connectivity index (χ1) is 12.3. The maximum Gasteiger partial charge on any atom is 0.287 e. The van der Waals surface area contributed by atoms with E-state index in [2.05, 4.69) is 20.6 Å². The highest BCUT2D eigenvalue weighted by atomic mass is 16.2. The van der Waals surface area contributed by atoms with Gasteiger partial charge in [0.05, 0.1) is 17.9 Å². The Balaban J connectivity index is 1.82. The molecule has 0 aromatic carbocycles. The van der Waals surface area contributed by atoms with Crippen molar-refractivity contribution in [3.63, 3.8) is 0 Å². The predicted molar refractivity (Wildman–Crippen MR) is 97.8 cm³/mol. The molecule has 3 rings (SSSR count). The SMILES string of the molecule is CC(C)(C)NC(=O)c1nc(C(=O)NCc2ccccn2)n2c1CCCC2. The molecule has 0 saturated carbocycles. The summed E-state index contributed by atoms with van der Waals surface area (Å²) >= 11 is 0. The molecule has 0 spiro atoms. The van der Waals surface area contributed by atoms with Crippen molar-refractivity contribution in [1.29, 1.82) is 0 Å². The highest BCUT2D eigenvalue weighted by Gasteiger charge is 2.28. The van der Waals surface area contributed by atoms with Crippen LogP contribution in [-0.4, -0.2) is 31.9 Å². The normalized spacial score (nSPS) is 13.8. The molecule has 2 amide bonds. The van der Waals surface area contributed by atoms with Crippen LogP contribution in [0.3, 0.4) is 0 Å². The third-order valence-corrected chi connectivity index (χ3v) is 4.18. The van der Waals surface area contributed by atoms with Crippen molar-refractivity contribution in [2.75, 3.05) is 0 Å². The number of hydrogen-bond acceptors (Lipinski definition) is 4. The summed E-state index contributed by atoms with van der Waals surface area (Å²) in [6.45, 7) is 6.80. The van der Waals surface area contributed by atoms with Crippen LogP contribution >= 0.6 is 0 Å². The van der Waals surface area contributed by atoms with Gasteiger partial charge in [-0.05, 0) is 52.2 Å². The summed E-state index contributed by atoms with van der Waals surface area (Å²) in [6, 6.07) is 5.56. The summed E-state index contributed by atoms with van der Waals surface area (Å²) in [5.74, 6) is -0.213. The Bertz CT molecular complexity index is 805. The first kappa shape index (κ1) is 18.1. The Labute approximate surface area is 153 Å². The molecule has 0 radical (unpaired) electrons. The summed E-state index contributed by atoms with van der Waals surface area (Å²) < 4.78 is 1.88. The lowest BCUT2D eigenvalue weighted by atomic mass is 10.1. The second-order valence-electron chi connectivity index (χ2n) is 7.55. The van der Waals surface area contributed by atoms with Crippen molar-refractivity contribution in [2.24, 2.45) is 0 Å². The van der Waals surface area contributed by atoms with Gasteiger partial charge < -0.3 is 15.2 Å². The number of nitrogens with one attached hydrogen (secondary N) is 2. The third-order valence-electron chi connectivity index (χ3n) is 4.18. The average molecular weight is 355 g/mol. The lowest BCUT2D eigenvalue weighted by molar-refractivity contribution is 0.0913. The molecule has 1 aliphatic heterocycles. The zero-order valence-corrected chi connectivity index (χ0v) is 15.5. The Morgan fingerprint density at radius 3 is 2.69 bits per heavy atom. The van der Waals surface area contributed by atoms with Crippen LogP contribution in [0.15, 0.2) is 24.4 Å². The smallest absolute Gasteiger partial charge is 0.287 e. The summed E-state index contributed by atoms with van der Waals surface area (Å²) in [5, 5.41) is 5.79. The number of aromatic nitrogens is 3. The summed E-state index contributed by atoms with van der Waals surface area (Å²) in [6.07, 6.45) is 4.42. The summed E-state index contributed by atoms with van der Waals surface area (Å²) in [5.41, 5.74) is 1.63. The minimum atomic E-state index is -0.357. The maximum atomic E-state index is 12.7. The van der Waals surface area contributed by atoms with Gasteiger partial charge in [0.15, 0.2) is 5.82 Å². The molecule has 26 heavy (non-hydrogen) atoms. The van der Waals surface area contributed by atoms with Gasteiger partial charge in [-0.25, -0.2) is 4.98 Å². The van der Waals surface area contributed by atoms with E-state index in [0.717, 1.165) is 30.7 Å². The molecular weight excluding hydrogens is 330 g/mol. The molecule has 7 heteroatoms. The van der Waals surface area contributed by atoms with Crippen molar-refractivity contribution in [3.8, 4) is 0 Å². The zero-order valence-electron chi connectivity index (χ0n) is 15.5. The molecular formula is C19H25N5O2. The highest BCUT2D eigenvalue weighted by Crippen LogP contribution is 2.21. The fourth-order valence-electron chi connectivity index (χ4n) is 3.05. The van der Waals surface area contributed by atoms with E-state index in [0.29, 0.717) is 24.6 Å². The van der Waals surface area contributed by atoms with E-state index in [1.165, 1.54) is 0 Å². The highest BCUT2D eigenvalue weighted by molar-refractivity contribution is 5.97. The van der Waals surface area contributed by atoms with E-state index in [4.69, 9.17) is 0 Å². The molecule has 2 aromatic rings.